The summed E-state index contributed by atoms with van der Waals surface area (Å²) in [6, 6.07) is 2.25. The van der Waals surface area contributed by atoms with Gasteiger partial charge in [-0.2, -0.15) is 0 Å². The van der Waals surface area contributed by atoms with Crippen LogP contribution in [0.2, 0.25) is 0 Å². The Morgan fingerprint density at radius 2 is 1.96 bits per heavy atom. The van der Waals surface area contributed by atoms with E-state index in [1.165, 1.54) is 10.4 Å². The number of ether oxygens (including phenoxy) is 1. The minimum atomic E-state index is -0.198. The van der Waals surface area contributed by atoms with Gasteiger partial charge in [0.25, 0.3) is 0 Å². The van der Waals surface area contributed by atoms with Crippen molar-refractivity contribution in [1.29, 1.82) is 0 Å². The molecule has 0 unspecified atom stereocenters. The molecule has 5 rings (SSSR count). The highest BCUT2D eigenvalue weighted by atomic mass is 32.1. The Morgan fingerprint density at radius 1 is 1.07 bits per heavy atom. The maximum absolute atomic E-state index is 6.38. The first-order valence-corrected chi connectivity index (χ1v) is 9.91. The molecule has 0 saturated carbocycles. The van der Waals surface area contributed by atoms with Crippen molar-refractivity contribution < 1.29 is 4.74 Å². The number of thiophene rings is 1. The molecule has 1 saturated heterocycles. The standard InChI is InChI=1S/C19H20N6OS/c20-16-11-23-14(10-24-16)15-9-13-1-8-26-19(18(13)27-15)2-6-25(7-3-19)17-12-21-4-5-22-17/h4-5,9-12H,1-3,6-8H2,(H2,20,24). The van der Waals surface area contributed by atoms with Gasteiger partial charge in [0.2, 0.25) is 0 Å². The number of hydrogen-bond donors (Lipinski definition) is 1. The minimum Gasteiger partial charge on any atom is -0.382 e. The van der Waals surface area contributed by atoms with E-state index in [1.54, 1.807) is 36.1 Å². The molecule has 0 atom stereocenters. The van der Waals surface area contributed by atoms with E-state index in [1.807, 2.05) is 6.20 Å². The third-order valence-electron chi connectivity index (χ3n) is 5.34. The molecule has 0 aromatic carbocycles. The van der Waals surface area contributed by atoms with Gasteiger partial charge in [-0.15, -0.1) is 11.3 Å². The molecule has 3 aromatic heterocycles. The second-order valence-electron chi connectivity index (χ2n) is 6.93. The summed E-state index contributed by atoms with van der Waals surface area (Å²) in [6.07, 6.45) is 11.5. The molecule has 2 N–H and O–H groups in total. The monoisotopic (exact) mass is 380 g/mol. The fourth-order valence-electron chi connectivity index (χ4n) is 3.94. The van der Waals surface area contributed by atoms with Crippen molar-refractivity contribution >= 4 is 23.0 Å². The number of piperidine rings is 1. The molecule has 0 bridgehead atoms. The SMILES string of the molecule is Nc1cnc(-c2cc3c(s2)C2(CCN(c4cnccn4)CC2)OCC3)cn1. The average Bonchev–Trinajstić information content (AvgIpc) is 3.16. The third-order valence-corrected chi connectivity index (χ3v) is 6.73. The lowest BCUT2D eigenvalue weighted by Crippen LogP contribution is -2.46. The zero-order chi connectivity index (χ0) is 18.3. The van der Waals surface area contributed by atoms with Crippen LogP contribution in [0.25, 0.3) is 10.6 Å². The number of nitrogens with two attached hydrogens (primary N) is 1. The van der Waals surface area contributed by atoms with Gasteiger partial charge in [0.1, 0.15) is 17.2 Å². The van der Waals surface area contributed by atoms with Gasteiger partial charge >= 0.3 is 0 Å². The van der Waals surface area contributed by atoms with Gasteiger partial charge < -0.3 is 15.4 Å². The van der Waals surface area contributed by atoms with Crippen molar-refractivity contribution in [1.82, 2.24) is 19.9 Å². The van der Waals surface area contributed by atoms with E-state index in [-0.39, 0.29) is 5.60 Å². The summed E-state index contributed by atoms with van der Waals surface area (Å²) in [7, 11) is 0. The Bertz CT molecular complexity index is 935. The molecule has 3 aromatic rings. The second kappa shape index (κ2) is 6.54. The van der Waals surface area contributed by atoms with E-state index in [0.29, 0.717) is 5.82 Å². The van der Waals surface area contributed by atoms with Crippen LogP contribution in [-0.4, -0.2) is 39.6 Å². The number of aromatic nitrogens is 4. The van der Waals surface area contributed by atoms with Crippen LogP contribution in [0.1, 0.15) is 23.3 Å². The maximum atomic E-state index is 6.38. The summed E-state index contributed by atoms with van der Waals surface area (Å²) in [6.45, 7) is 2.59. The van der Waals surface area contributed by atoms with Gasteiger partial charge in [-0.05, 0) is 30.9 Å². The predicted molar refractivity (Wildman–Crippen MR) is 105 cm³/mol. The zero-order valence-electron chi connectivity index (χ0n) is 14.8. The summed E-state index contributed by atoms with van der Waals surface area (Å²) in [5, 5.41) is 0. The van der Waals surface area contributed by atoms with Gasteiger partial charge in [0.15, 0.2) is 0 Å². The Kier molecular flexibility index (Phi) is 4.02. The predicted octanol–water partition coefficient (Wildman–Crippen LogP) is 2.65. The molecular weight excluding hydrogens is 360 g/mol. The molecule has 0 aliphatic carbocycles. The van der Waals surface area contributed by atoms with E-state index in [2.05, 4.69) is 30.9 Å². The van der Waals surface area contributed by atoms with Crippen molar-refractivity contribution in [2.45, 2.75) is 24.9 Å². The first-order valence-electron chi connectivity index (χ1n) is 9.09. The lowest BCUT2D eigenvalue weighted by Gasteiger charge is -2.44. The van der Waals surface area contributed by atoms with Crippen molar-refractivity contribution in [3.63, 3.8) is 0 Å². The second-order valence-corrected chi connectivity index (χ2v) is 7.99. The summed E-state index contributed by atoms with van der Waals surface area (Å²) < 4.78 is 6.38. The lowest BCUT2D eigenvalue weighted by atomic mass is 9.85. The number of fused-ring (bicyclic) bond motifs is 2. The summed E-state index contributed by atoms with van der Waals surface area (Å²) >= 11 is 1.78. The Morgan fingerprint density at radius 3 is 2.70 bits per heavy atom. The summed E-state index contributed by atoms with van der Waals surface area (Å²) in [4.78, 5) is 22.0. The fourth-order valence-corrected chi connectivity index (χ4v) is 5.31. The smallest absolute Gasteiger partial charge is 0.147 e. The van der Waals surface area contributed by atoms with E-state index < -0.39 is 0 Å². The molecule has 2 aliphatic heterocycles. The van der Waals surface area contributed by atoms with E-state index in [9.17, 15) is 0 Å². The van der Waals surface area contributed by atoms with Crippen LogP contribution in [0.5, 0.6) is 0 Å². The fraction of sp³-hybridized carbons (Fsp3) is 0.368. The summed E-state index contributed by atoms with van der Waals surface area (Å²) in [5.41, 5.74) is 7.73. The minimum absolute atomic E-state index is 0.198. The van der Waals surface area contributed by atoms with Crippen LogP contribution in [0.4, 0.5) is 11.6 Å². The highest BCUT2D eigenvalue weighted by Gasteiger charge is 2.42. The highest BCUT2D eigenvalue weighted by molar-refractivity contribution is 7.15. The number of nitrogen functional groups attached to an aromatic ring is 1. The van der Waals surface area contributed by atoms with Gasteiger partial charge in [-0.25, -0.2) is 15.0 Å². The van der Waals surface area contributed by atoms with Gasteiger partial charge in [0, 0.05) is 30.4 Å². The molecular formula is C19H20N6OS. The first-order chi connectivity index (χ1) is 13.2. The molecule has 27 heavy (non-hydrogen) atoms. The molecule has 2 aliphatic rings. The lowest BCUT2D eigenvalue weighted by molar-refractivity contribution is -0.0735. The largest absolute Gasteiger partial charge is 0.382 e. The Balaban J connectivity index is 1.42. The Hall–Kier alpha value is -2.58. The number of anilines is 2. The van der Waals surface area contributed by atoms with Gasteiger partial charge in [-0.3, -0.25) is 4.98 Å². The molecule has 0 radical (unpaired) electrons. The number of rotatable bonds is 2. The van der Waals surface area contributed by atoms with Crippen LogP contribution >= 0.6 is 11.3 Å². The Labute approximate surface area is 161 Å². The van der Waals surface area contributed by atoms with Crippen LogP contribution in [0, 0.1) is 0 Å². The molecule has 7 nitrogen and oxygen atoms in total. The zero-order valence-corrected chi connectivity index (χ0v) is 15.7. The molecule has 8 heteroatoms. The van der Waals surface area contributed by atoms with Gasteiger partial charge in [0.05, 0.1) is 35.8 Å². The van der Waals surface area contributed by atoms with Crippen molar-refractivity contribution in [2.24, 2.45) is 0 Å². The molecule has 5 heterocycles. The van der Waals surface area contributed by atoms with Crippen LogP contribution in [0.3, 0.4) is 0 Å². The average molecular weight is 380 g/mol. The van der Waals surface area contributed by atoms with E-state index in [4.69, 9.17) is 10.5 Å². The molecule has 138 valence electrons. The van der Waals surface area contributed by atoms with Crippen LogP contribution in [-0.2, 0) is 16.8 Å². The summed E-state index contributed by atoms with van der Waals surface area (Å²) in [5.74, 6) is 1.38. The third kappa shape index (κ3) is 2.94. The molecule has 1 fully saturated rings. The first kappa shape index (κ1) is 16.6. The van der Waals surface area contributed by atoms with Crippen molar-refractivity contribution in [3.05, 3.63) is 47.5 Å². The van der Waals surface area contributed by atoms with E-state index in [0.717, 1.165) is 55.3 Å². The highest BCUT2D eigenvalue weighted by Crippen LogP contribution is 2.47. The van der Waals surface area contributed by atoms with Crippen molar-refractivity contribution in [2.75, 3.05) is 30.3 Å². The van der Waals surface area contributed by atoms with Crippen LogP contribution < -0.4 is 10.6 Å². The quantitative estimate of drug-likeness (QED) is 0.731. The van der Waals surface area contributed by atoms with Crippen molar-refractivity contribution in [3.8, 4) is 10.6 Å². The molecule has 0 amide bonds. The normalized spacial score (nSPS) is 18.4. The maximum Gasteiger partial charge on any atom is 0.147 e. The van der Waals surface area contributed by atoms with E-state index >= 15 is 0 Å². The number of hydrogen-bond acceptors (Lipinski definition) is 8. The topological polar surface area (TPSA) is 90.1 Å². The molecule has 1 spiro atoms. The van der Waals surface area contributed by atoms with Gasteiger partial charge in [-0.1, -0.05) is 0 Å². The van der Waals surface area contributed by atoms with Crippen LogP contribution in [0.15, 0.2) is 37.1 Å². The number of nitrogens with zero attached hydrogens (tertiary/aromatic N) is 5.